The second-order valence-electron chi connectivity index (χ2n) is 9.65. The molecule has 1 aromatic carbocycles. The van der Waals surface area contributed by atoms with Gasteiger partial charge in [0.15, 0.2) is 0 Å². The molecule has 2 aliphatic rings. The highest BCUT2D eigenvalue weighted by atomic mass is 15.3. The smallest absolute Gasteiger partial charge is 0.243 e. The van der Waals surface area contributed by atoms with Crippen LogP contribution in [0.5, 0.6) is 0 Å². The maximum Gasteiger partial charge on any atom is 0.243 e. The molecular formula is C26H38N6. The van der Waals surface area contributed by atoms with Crippen LogP contribution in [-0.2, 0) is 12.8 Å². The normalized spacial score (nSPS) is 18.4. The molecule has 32 heavy (non-hydrogen) atoms. The van der Waals surface area contributed by atoms with Gasteiger partial charge < -0.3 is 15.1 Å². The molecule has 0 spiro atoms. The van der Waals surface area contributed by atoms with Crippen molar-refractivity contribution in [2.75, 3.05) is 39.0 Å². The number of allylic oxidation sites excluding steroid dienone is 1. The molecule has 1 fully saturated rings. The van der Waals surface area contributed by atoms with Gasteiger partial charge in [-0.1, -0.05) is 18.7 Å². The van der Waals surface area contributed by atoms with Gasteiger partial charge in [-0.25, -0.2) is 4.98 Å². The number of aromatic nitrogens is 3. The van der Waals surface area contributed by atoms with Crippen molar-refractivity contribution in [3.05, 3.63) is 46.8 Å². The van der Waals surface area contributed by atoms with E-state index in [1.807, 2.05) is 6.92 Å². The zero-order valence-electron chi connectivity index (χ0n) is 20.2. The van der Waals surface area contributed by atoms with Crippen molar-refractivity contribution in [2.24, 2.45) is 0 Å². The molecule has 0 amide bonds. The maximum atomic E-state index is 4.79. The number of fused-ring (bicyclic) bond motifs is 1. The summed E-state index contributed by atoms with van der Waals surface area (Å²) >= 11 is 0. The summed E-state index contributed by atoms with van der Waals surface area (Å²) in [6.07, 6.45) is 8.18. The molecule has 1 aromatic heterocycles. The third kappa shape index (κ3) is 5.12. The van der Waals surface area contributed by atoms with Gasteiger partial charge >= 0.3 is 0 Å². The van der Waals surface area contributed by atoms with Gasteiger partial charge in [0.25, 0.3) is 0 Å². The molecule has 0 saturated carbocycles. The molecule has 1 N–H and O–H groups in total. The minimum Gasteiger partial charge on any atom is -0.381 e. The Kier molecular flexibility index (Phi) is 7.09. The van der Waals surface area contributed by atoms with Crippen molar-refractivity contribution < 1.29 is 0 Å². The van der Waals surface area contributed by atoms with Gasteiger partial charge in [-0.05, 0) is 88.6 Å². The summed E-state index contributed by atoms with van der Waals surface area (Å²) in [5.74, 6) is 0.651. The Hall–Kier alpha value is -2.47. The molecule has 6 heteroatoms. The van der Waals surface area contributed by atoms with Crippen LogP contribution < -0.4 is 5.32 Å². The van der Waals surface area contributed by atoms with Crippen molar-refractivity contribution in [3.8, 4) is 11.3 Å². The second-order valence-corrected chi connectivity index (χ2v) is 9.65. The van der Waals surface area contributed by atoms with Crippen LogP contribution in [0.3, 0.4) is 0 Å². The van der Waals surface area contributed by atoms with Gasteiger partial charge in [0, 0.05) is 37.9 Å². The lowest BCUT2D eigenvalue weighted by molar-refractivity contribution is 0.212. The number of hydrogen-bond acceptors (Lipinski definition) is 6. The highest BCUT2D eigenvalue weighted by Crippen LogP contribution is 2.32. The third-order valence-corrected chi connectivity index (χ3v) is 7.10. The standard InChI is InChI=1S/C26H38N6/c1-18(31(4)5)9-7-15-32-16-8-11-22(17-32)28-26-27-20(3)25(29-30-26)24-14-13-21-10-6-12-23(21)19(24)2/h13-14,22H,1,6-12,15-17H2,2-5H3,(H,27,28,30). The second kappa shape index (κ2) is 9.99. The Morgan fingerprint density at radius 2 is 2.03 bits per heavy atom. The van der Waals surface area contributed by atoms with E-state index in [-0.39, 0.29) is 0 Å². The molecule has 4 rings (SSSR count). The number of hydrogen-bond donors (Lipinski definition) is 1. The topological polar surface area (TPSA) is 57.2 Å². The van der Waals surface area contributed by atoms with E-state index in [9.17, 15) is 0 Å². The fourth-order valence-electron chi connectivity index (χ4n) is 5.11. The lowest BCUT2D eigenvalue weighted by atomic mass is 9.96. The van der Waals surface area contributed by atoms with Crippen LogP contribution in [-0.4, -0.2) is 64.8 Å². The van der Waals surface area contributed by atoms with E-state index in [1.54, 1.807) is 0 Å². The molecule has 1 atom stereocenters. The number of aryl methyl sites for hydroxylation is 2. The lowest BCUT2D eigenvalue weighted by Gasteiger charge is -2.33. The van der Waals surface area contributed by atoms with Gasteiger partial charge in [-0.2, -0.15) is 0 Å². The van der Waals surface area contributed by atoms with E-state index in [4.69, 9.17) is 4.98 Å². The van der Waals surface area contributed by atoms with Crippen molar-refractivity contribution >= 4 is 5.95 Å². The Bertz CT molecular complexity index is 967. The molecule has 2 heterocycles. The number of likely N-dealkylation sites (tertiary alicyclic amines) is 1. The number of anilines is 1. The molecule has 6 nitrogen and oxygen atoms in total. The summed E-state index contributed by atoms with van der Waals surface area (Å²) in [5.41, 5.74) is 8.58. The summed E-state index contributed by atoms with van der Waals surface area (Å²) in [5, 5.41) is 12.6. The minimum atomic E-state index is 0.370. The highest BCUT2D eigenvalue weighted by molar-refractivity contribution is 5.68. The van der Waals surface area contributed by atoms with Crippen LogP contribution >= 0.6 is 0 Å². The molecule has 1 aliphatic heterocycles. The van der Waals surface area contributed by atoms with Gasteiger partial charge in [0.2, 0.25) is 5.95 Å². The van der Waals surface area contributed by atoms with Gasteiger partial charge in [0.1, 0.15) is 5.69 Å². The van der Waals surface area contributed by atoms with Gasteiger partial charge in [-0.3, -0.25) is 0 Å². The van der Waals surface area contributed by atoms with Gasteiger partial charge in [-0.15, -0.1) is 10.2 Å². The Morgan fingerprint density at radius 3 is 2.81 bits per heavy atom. The molecule has 0 radical (unpaired) electrons. The van der Waals surface area contributed by atoms with Crippen LogP contribution in [0.2, 0.25) is 0 Å². The maximum absolute atomic E-state index is 4.79. The molecule has 1 unspecified atom stereocenters. The number of rotatable bonds is 8. The molecule has 172 valence electrons. The SMILES string of the molecule is C=C(CCCN1CCCC(Nc2nnc(-c3ccc4c(c3C)CCC4)c(C)n2)C1)N(C)C. The van der Waals surface area contributed by atoms with Gasteiger partial charge in [0.05, 0.1) is 5.69 Å². The number of nitrogens with zero attached hydrogens (tertiary/aromatic N) is 5. The van der Waals surface area contributed by atoms with E-state index in [2.05, 4.69) is 65.0 Å². The van der Waals surface area contributed by atoms with Crippen molar-refractivity contribution in [1.29, 1.82) is 0 Å². The summed E-state index contributed by atoms with van der Waals surface area (Å²) in [6, 6.07) is 4.84. The summed E-state index contributed by atoms with van der Waals surface area (Å²) < 4.78 is 0. The molecule has 2 aromatic rings. The number of benzene rings is 1. The quantitative estimate of drug-likeness (QED) is 0.666. The molecule has 1 aliphatic carbocycles. The van der Waals surface area contributed by atoms with E-state index in [0.717, 1.165) is 43.7 Å². The van der Waals surface area contributed by atoms with Crippen molar-refractivity contribution in [3.63, 3.8) is 0 Å². The minimum absolute atomic E-state index is 0.370. The first-order valence-electron chi connectivity index (χ1n) is 12.1. The fourth-order valence-corrected chi connectivity index (χ4v) is 5.11. The molecular weight excluding hydrogens is 396 g/mol. The van der Waals surface area contributed by atoms with Crippen LogP contribution in [0.1, 0.15) is 54.5 Å². The number of piperidine rings is 1. The monoisotopic (exact) mass is 434 g/mol. The first kappa shape index (κ1) is 22.7. The average Bonchev–Trinajstić information content (AvgIpc) is 3.25. The zero-order chi connectivity index (χ0) is 22.7. The summed E-state index contributed by atoms with van der Waals surface area (Å²) in [4.78, 5) is 9.45. The van der Waals surface area contributed by atoms with Crippen molar-refractivity contribution in [2.45, 2.75) is 64.8 Å². The van der Waals surface area contributed by atoms with Crippen LogP contribution in [0.25, 0.3) is 11.3 Å². The van der Waals surface area contributed by atoms with E-state index in [0.29, 0.717) is 12.0 Å². The Balaban J connectivity index is 1.37. The van der Waals surface area contributed by atoms with Crippen molar-refractivity contribution in [1.82, 2.24) is 25.0 Å². The number of nitrogens with one attached hydrogen (secondary N) is 1. The van der Waals surface area contributed by atoms with Crippen LogP contribution in [0.4, 0.5) is 5.95 Å². The van der Waals surface area contributed by atoms with Crippen LogP contribution in [0.15, 0.2) is 24.4 Å². The first-order valence-corrected chi connectivity index (χ1v) is 12.1. The Labute approximate surface area is 193 Å². The predicted molar refractivity (Wildman–Crippen MR) is 132 cm³/mol. The summed E-state index contributed by atoms with van der Waals surface area (Å²) in [7, 11) is 4.13. The fraction of sp³-hybridized carbons (Fsp3) is 0.577. The predicted octanol–water partition coefficient (Wildman–Crippen LogP) is 4.38. The van der Waals surface area contributed by atoms with E-state index in [1.165, 1.54) is 60.2 Å². The molecule has 0 bridgehead atoms. The third-order valence-electron chi connectivity index (χ3n) is 7.10. The van der Waals surface area contributed by atoms with E-state index < -0.39 is 0 Å². The summed E-state index contributed by atoms with van der Waals surface area (Å²) in [6.45, 7) is 11.7. The van der Waals surface area contributed by atoms with E-state index >= 15 is 0 Å². The Morgan fingerprint density at radius 1 is 1.19 bits per heavy atom. The highest BCUT2D eigenvalue weighted by Gasteiger charge is 2.22. The lowest BCUT2D eigenvalue weighted by Crippen LogP contribution is -2.42. The van der Waals surface area contributed by atoms with Crippen LogP contribution in [0, 0.1) is 13.8 Å². The largest absolute Gasteiger partial charge is 0.381 e. The first-order chi connectivity index (χ1) is 15.4. The average molecular weight is 435 g/mol. The molecule has 1 saturated heterocycles. The zero-order valence-corrected chi connectivity index (χ0v) is 20.2.